The van der Waals surface area contributed by atoms with E-state index in [2.05, 4.69) is 62.8 Å². The number of hydrogen-bond acceptors (Lipinski definition) is 3. The summed E-state index contributed by atoms with van der Waals surface area (Å²) in [6.45, 7) is 0.557. The summed E-state index contributed by atoms with van der Waals surface area (Å²) in [5.41, 5.74) is 13.3. The molecule has 6 rings (SSSR count). The minimum atomic E-state index is 0.557. The van der Waals surface area contributed by atoms with E-state index in [0.29, 0.717) is 6.54 Å². The quantitative estimate of drug-likeness (QED) is 0.491. The normalized spacial score (nSPS) is 11.8. The van der Waals surface area contributed by atoms with Gasteiger partial charge in [0.1, 0.15) is 11.5 Å². The Labute approximate surface area is 172 Å². The molecule has 3 heterocycles. The van der Waals surface area contributed by atoms with Gasteiger partial charge in [-0.3, -0.25) is 9.13 Å². The average Bonchev–Trinajstić information content (AvgIpc) is 3.46. The molecule has 30 heavy (non-hydrogen) atoms. The van der Waals surface area contributed by atoms with Crippen LogP contribution in [0.1, 0.15) is 5.82 Å². The molecule has 3 aromatic heterocycles. The fraction of sp³-hybridized carbons (Fsp3) is 0.0833. The Kier molecular flexibility index (Phi) is 3.72. The molecule has 0 aliphatic rings. The number of imidazole rings is 2. The summed E-state index contributed by atoms with van der Waals surface area (Å²) >= 11 is 0. The fourth-order valence-electron chi connectivity index (χ4n) is 4.31. The molecular weight excluding hydrogens is 372 g/mol. The molecule has 0 aliphatic heterocycles. The van der Waals surface area contributed by atoms with Crippen molar-refractivity contribution in [3.8, 4) is 11.4 Å². The zero-order valence-corrected chi connectivity index (χ0v) is 16.3. The van der Waals surface area contributed by atoms with Crippen molar-refractivity contribution in [3.63, 3.8) is 0 Å². The maximum Gasteiger partial charge on any atom is 0.141 e. The number of aromatic nitrogens is 5. The number of nitrogens with two attached hydrogens (primary N) is 1. The maximum atomic E-state index is 5.88. The number of para-hydroxylation sites is 4. The Bertz CT molecular complexity index is 1520. The van der Waals surface area contributed by atoms with Crippen LogP contribution in [-0.4, -0.2) is 30.3 Å². The zero-order chi connectivity index (χ0) is 20.1. The molecule has 0 atom stereocenters. The molecule has 146 valence electrons. The van der Waals surface area contributed by atoms with Crippen LogP contribution in [0.15, 0.2) is 85.1 Å². The van der Waals surface area contributed by atoms with Crippen LogP contribution in [0, 0.1) is 0 Å². The van der Waals surface area contributed by atoms with Gasteiger partial charge in [0.05, 0.1) is 28.3 Å². The van der Waals surface area contributed by atoms with Crippen molar-refractivity contribution in [2.24, 2.45) is 5.73 Å². The molecule has 6 nitrogen and oxygen atoms in total. The van der Waals surface area contributed by atoms with Crippen LogP contribution in [0.25, 0.3) is 39.1 Å². The summed E-state index contributed by atoms with van der Waals surface area (Å²) in [6.07, 6.45) is 2.56. The lowest BCUT2D eigenvalue weighted by Gasteiger charge is -2.12. The van der Waals surface area contributed by atoms with Gasteiger partial charge < -0.3 is 5.73 Å². The standard InChI is InChI=1S/C24H20N6/c25-14-12-23-27-19-8-1-2-9-20(19)28(23)17-6-5-7-18(16-17)29-21-10-3-4-11-22(21)30-24(29)13-15-26-30/h1-11,13,15-16H,12,14,25H2. The summed E-state index contributed by atoms with van der Waals surface area (Å²) in [5, 5.41) is 4.51. The van der Waals surface area contributed by atoms with Crippen LogP contribution in [0.4, 0.5) is 0 Å². The van der Waals surface area contributed by atoms with Crippen molar-refractivity contribution in [3.05, 3.63) is 90.9 Å². The molecule has 0 unspecified atom stereocenters. The molecule has 0 saturated carbocycles. The van der Waals surface area contributed by atoms with Crippen LogP contribution in [0.3, 0.4) is 0 Å². The average molecular weight is 392 g/mol. The van der Waals surface area contributed by atoms with Gasteiger partial charge in [0, 0.05) is 23.9 Å². The Morgan fingerprint density at radius 2 is 1.47 bits per heavy atom. The topological polar surface area (TPSA) is 66.1 Å². The molecule has 0 amide bonds. The highest BCUT2D eigenvalue weighted by Gasteiger charge is 2.15. The van der Waals surface area contributed by atoms with Gasteiger partial charge in [-0.05, 0) is 49.0 Å². The SMILES string of the molecule is NCCc1nc2ccccc2n1-c1cccc(-n2c3ccccc3n3nccc23)c1. The Morgan fingerprint density at radius 3 is 2.30 bits per heavy atom. The number of benzene rings is 3. The van der Waals surface area contributed by atoms with E-state index in [-0.39, 0.29) is 0 Å². The van der Waals surface area contributed by atoms with E-state index >= 15 is 0 Å². The summed E-state index contributed by atoms with van der Waals surface area (Å²) in [6, 6.07) is 27.1. The van der Waals surface area contributed by atoms with Crippen molar-refractivity contribution in [2.45, 2.75) is 6.42 Å². The van der Waals surface area contributed by atoms with Crippen molar-refractivity contribution in [2.75, 3.05) is 6.54 Å². The van der Waals surface area contributed by atoms with E-state index in [4.69, 9.17) is 10.7 Å². The van der Waals surface area contributed by atoms with Gasteiger partial charge in [-0.2, -0.15) is 5.10 Å². The van der Waals surface area contributed by atoms with Gasteiger partial charge in [0.2, 0.25) is 0 Å². The van der Waals surface area contributed by atoms with Gasteiger partial charge in [0.15, 0.2) is 0 Å². The lowest BCUT2D eigenvalue weighted by Crippen LogP contribution is -2.09. The molecule has 0 saturated heterocycles. The first kappa shape index (κ1) is 17.0. The summed E-state index contributed by atoms with van der Waals surface area (Å²) < 4.78 is 6.44. The third-order valence-corrected chi connectivity index (χ3v) is 5.55. The minimum Gasteiger partial charge on any atom is -0.330 e. The Balaban J connectivity index is 1.62. The van der Waals surface area contributed by atoms with Crippen LogP contribution < -0.4 is 5.73 Å². The predicted molar refractivity (Wildman–Crippen MR) is 119 cm³/mol. The van der Waals surface area contributed by atoms with Gasteiger partial charge in [-0.15, -0.1) is 0 Å². The van der Waals surface area contributed by atoms with E-state index in [1.165, 1.54) is 0 Å². The molecule has 2 N–H and O–H groups in total. The first-order valence-corrected chi connectivity index (χ1v) is 10.1. The third kappa shape index (κ3) is 2.41. The van der Waals surface area contributed by atoms with Gasteiger partial charge >= 0.3 is 0 Å². The van der Waals surface area contributed by atoms with Gasteiger partial charge in [0.25, 0.3) is 0 Å². The third-order valence-electron chi connectivity index (χ3n) is 5.55. The van der Waals surface area contributed by atoms with Crippen molar-refractivity contribution in [1.29, 1.82) is 0 Å². The maximum absolute atomic E-state index is 5.88. The van der Waals surface area contributed by atoms with Crippen LogP contribution in [0.5, 0.6) is 0 Å². The highest BCUT2D eigenvalue weighted by atomic mass is 15.3. The number of hydrogen-bond donors (Lipinski definition) is 1. The number of nitrogens with zero attached hydrogens (tertiary/aromatic N) is 5. The predicted octanol–water partition coefficient (Wildman–Crippen LogP) is 4.12. The zero-order valence-electron chi connectivity index (χ0n) is 16.3. The van der Waals surface area contributed by atoms with Gasteiger partial charge in [-0.1, -0.05) is 30.3 Å². The molecule has 0 spiro atoms. The highest BCUT2D eigenvalue weighted by Crippen LogP contribution is 2.28. The van der Waals surface area contributed by atoms with Crippen molar-refractivity contribution >= 4 is 27.7 Å². The van der Waals surface area contributed by atoms with Crippen molar-refractivity contribution < 1.29 is 0 Å². The Hall–Kier alpha value is -3.90. The summed E-state index contributed by atoms with van der Waals surface area (Å²) in [5.74, 6) is 0.975. The van der Waals surface area contributed by atoms with E-state index in [9.17, 15) is 0 Å². The van der Waals surface area contributed by atoms with E-state index in [1.54, 1.807) is 0 Å². The molecule has 0 bridgehead atoms. The second kappa shape index (κ2) is 6.57. The number of fused-ring (bicyclic) bond motifs is 4. The van der Waals surface area contributed by atoms with Crippen molar-refractivity contribution in [1.82, 2.24) is 23.7 Å². The van der Waals surface area contributed by atoms with Crippen LogP contribution >= 0.6 is 0 Å². The van der Waals surface area contributed by atoms with E-state index in [0.717, 1.165) is 51.3 Å². The molecule has 6 heteroatoms. The van der Waals surface area contributed by atoms with Crippen LogP contribution in [-0.2, 0) is 6.42 Å². The lowest BCUT2D eigenvalue weighted by molar-refractivity contribution is 0.847. The fourth-order valence-corrected chi connectivity index (χ4v) is 4.31. The largest absolute Gasteiger partial charge is 0.330 e. The second-order valence-electron chi connectivity index (χ2n) is 7.34. The van der Waals surface area contributed by atoms with Crippen LogP contribution in [0.2, 0.25) is 0 Å². The molecule has 3 aromatic carbocycles. The highest BCUT2D eigenvalue weighted by molar-refractivity contribution is 5.84. The first-order valence-electron chi connectivity index (χ1n) is 10.1. The monoisotopic (exact) mass is 392 g/mol. The molecule has 0 radical (unpaired) electrons. The molecule has 6 aromatic rings. The smallest absolute Gasteiger partial charge is 0.141 e. The van der Waals surface area contributed by atoms with E-state index < -0.39 is 0 Å². The number of rotatable bonds is 4. The summed E-state index contributed by atoms with van der Waals surface area (Å²) in [7, 11) is 0. The first-order chi connectivity index (χ1) is 14.8. The summed E-state index contributed by atoms with van der Waals surface area (Å²) in [4.78, 5) is 4.82. The molecular formula is C24H20N6. The molecule has 0 aliphatic carbocycles. The Morgan fingerprint density at radius 1 is 0.733 bits per heavy atom. The van der Waals surface area contributed by atoms with E-state index in [1.807, 2.05) is 41.0 Å². The lowest BCUT2D eigenvalue weighted by atomic mass is 10.2. The minimum absolute atomic E-state index is 0.557. The van der Waals surface area contributed by atoms with Gasteiger partial charge in [-0.25, -0.2) is 9.50 Å². The second-order valence-corrected chi connectivity index (χ2v) is 7.34. The molecule has 0 fully saturated rings.